The number of carbonyl (C=O) groups is 2. The van der Waals surface area contributed by atoms with Gasteiger partial charge in [-0.25, -0.2) is 0 Å². The fourth-order valence-corrected chi connectivity index (χ4v) is 2.98. The van der Waals surface area contributed by atoms with Gasteiger partial charge in [-0.15, -0.1) is 0 Å². The van der Waals surface area contributed by atoms with Crippen molar-refractivity contribution in [3.05, 3.63) is 0 Å². The number of piperidine rings is 1. The fraction of sp³-hybridized carbons (Fsp3) is 0.875. The molecular weight excluding hydrogens is 266 g/mol. The highest BCUT2D eigenvalue weighted by Gasteiger charge is 2.32. The maximum atomic E-state index is 12.6. The number of hydrogen-bond donors (Lipinski definition) is 1. The SMILES string of the molecule is CN(C)C(=O)C1CCN(C(=O)C(CN)CC(C)(C)C)CC1. The minimum atomic E-state index is -0.105. The van der Waals surface area contributed by atoms with Crippen molar-refractivity contribution < 1.29 is 9.59 Å². The molecular formula is C16H31N3O2. The van der Waals surface area contributed by atoms with E-state index < -0.39 is 0 Å². The molecule has 122 valence electrons. The summed E-state index contributed by atoms with van der Waals surface area (Å²) >= 11 is 0. The second kappa shape index (κ2) is 7.25. The van der Waals surface area contributed by atoms with Crippen molar-refractivity contribution in [2.45, 2.75) is 40.0 Å². The Hall–Kier alpha value is -1.10. The largest absolute Gasteiger partial charge is 0.349 e. The summed E-state index contributed by atoms with van der Waals surface area (Å²) in [7, 11) is 3.57. The van der Waals surface area contributed by atoms with Crippen LogP contribution in [0.5, 0.6) is 0 Å². The van der Waals surface area contributed by atoms with Crippen molar-refractivity contribution in [2.24, 2.45) is 23.0 Å². The average molecular weight is 297 g/mol. The number of amides is 2. The van der Waals surface area contributed by atoms with Crippen LogP contribution in [0.15, 0.2) is 0 Å². The lowest BCUT2D eigenvalue weighted by Crippen LogP contribution is -2.46. The number of likely N-dealkylation sites (tertiary alicyclic amines) is 1. The Bertz CT molecular complexity index is 366. The van der Waals surface area contributed by atoms with Gasteiger partial charge in [-0.2, -0.15) is 0 Å². The van der Waals surface area contributed by atoms with Crippen LogP contribution < -0.4 is 5.73 Å². The number of carbonyl (C=O) groups excluding carboxylic acids is 2. The van der Waals surface area contributed by atoms with Gasteiger partial charge in [-0.1, -0.05) is 20.8 Å². The Morgan fingerprint density at radius 2 is 1.76 bits per heavy atom. The topological polar surface area (TPSA) is 66.6 Å². The Balaban J connectivity index is 2.56. The summed E-state index contributed by atoms with van der Waals surface area (Å²) in [4.78, 5) is 28.1. The first-order valence-electron chi connectivity index (χ1n) is 7.85. The summed E-state index contributed by atoms with van der Waals surface area (Å²) < 4.78 is 0. The van der Waals surface area contributed by atoms with Gasteiger partial charge in [0.1, 0.15) is 0 Å². The highest BCUT2D eigenvalue weighted by atomic mass is 16.2. The van der Waals surface area contributed by atoms with E-state index in [2.05, 4.69) is 20.8 Å². The maximum absolute atomic E-state index is 12.6. The zero-order chi connectivity index (χ0) is 16.2. The van der Waals surface area contributed by atoms with E-state index in [0.29, 0.717) is 19.6 Å². The molecule has 0 aromatic carbocycles. The summed E-state index contributed by atoms with van der Waals surface area (Å²) in [6, 6.07) is 0. The Kier molecular flexibility index (Phi) is 6.20. The summed E-state index contributed by atoms with van der Waals surface area (Å²) in [6.45, 7) is 8.13. The lowest BCUT2D eigenvalue weighted by Gasteiger charge is -2.35. The van der Waals surface area contributed by atoms with Gasteiger partial charge in [0.05, 0.1) is 5.92 Å². The standard InChI is InChI=1S/C16H31N3O2/c1-16(2,3)10-13(11-17)15(21)19-8-6-12(7-9-19)14(20)18(4)5/h12-13H,6-11,17H2,1-5H3. The van der Waals surface area contributed by atoms with Crippen molar-refractivity contribution in [1.82, 2.24) is 9.80 Å². The fourth-order valence-electron chi connectivity index (χ4n) is 2.98. The number of nitrogens with zero attached hydrogens (tertiary/aromatic N) is 2. The van der Waals surface area contributed by atoms with Gasteiger partial charge in [0.25, 0.3) is 0 Å². The van der Waals surface area contributed by atoms with E-state index in [1.165, 1.54) is 0 Å². The monoisotopic (exact) mass is 297 g/mol. The van der Waals surface area contributed by atoms with E-state index in [9.17, 15) is 9.59 Å². The molecule has 5 nitrogen and oxygen atoms in total. The number of rotatable bonds is 4. The van der Waals surface area contributed by atoms with E-state index in [-0.39, 0.29) is 29.1 Å². The minimum absolute atomic E-state index is 0.0583. The lowest BCUT2D eigenvalue weighted by molar-refractivity contribution is -0.141. The molecule has 2 N–H and O–H groups in total. The first-order chi connectivity index (χ1) is 9.65. The van der Waals surface area contributed by atoms with Crippen molar-refractivity contribution in [1.29, 1.82) is 0 Å². The van der Waals surface area contributed by atoms with E-state index in [1.54, 1.807) is 19.0 Å². The molecule has 1 heterocycles. The predicted molar refractivity (Wildman–Crippen MR) is 84.6 cm³/mol. The maximum Gasteiger partial charge on any atom is 0.226 e. The molecule has 0 spiro atoms. The van der Waals surface area contributed by atoms with Crippen molar-refractivity contribution in [3.63, 3.8) is 0 Å². The van der Waals surface area contributed by atoms with Gasteiger partial charge in [0.15, 0.2) is 0 Å². The van der Waals surface area contributed by atoms with Crippen LogP contribution in [0, 0.1) is 17.3 Å². The molecule has 2 amide bonds. The molecule has 1 aliphatic rings. The molecule has 0 radical (unpaired) electrons. The van der Waals surface area contributed by atoms with Crippen molar-refractivity contribution in [3.8, 4) is 0 Å². The minimum Gasteiger partial charge on any atom is -0.349 e. The van der Waals surface area contributed by atoms with E-state index in [4.69, 9.17) is 5.73 Å². The van der Waals surface area contributed by atoms with Crippen LogP contribution in [0.25, 0.3) is 0 Å². The Morgan fingerprint density at radius 3 is 2.14 bits per heavy atom. The van der Waals surface area contributed by atoms with Crippen LogP contribution in [0.2, 0.25) is 0 Å². The van der Waals surface area contributed by atoms with Gasteiger partial charge in [-0.05, 0) is 24.7 Å². The first-order valence-corrected chi connectivity index (χ1v) is 7.85. The van der Waals surface area contributed by atoms with Gasteiger partial charge in [0, 0.05) is 39.6 Å². The highest BCUT2D eigenvalue weighted by molar-refractivity contribution is 5.81. The molecule has 1 fully saturated rings. The lowest BCUT2D eigenvalue weighted by atomic mass is 9.83. The molecule has 0 aliphatic carbocycles. The molecule has 1 atom stereocenters. The second-order valence-corrected chi connectivity index (χ2v) is 7.53. The first kappa shape index (κ1) is 18.0. The van der Waals surface area contributed by atoms with Crippen LogP contribution in [0.3, 0.4) is 0 Å². The van der Waals surface area contributed by atoms with Gasteiger partial charge in [-0.3, -0.25) is 9.59 Å². The molecule has 0 aromatic rings. The molecule has 1 rings (SSSR count). The molecule has 0 bridgehead atoms. The summed E-state index contributed by atoms with van der Waals surface area (Å²) in [5.41, 5.74) is 5.89. The second-order valence-electron chi connectivity index (χ2n) is 7.53. The smallest absolute Gasteiger partial charge is 0.226 e. The van der Waals surface area contributed by atoms with Crippen LogP contribution in [0.4, 0.5) is 0 Å². The predicted octanol–water partition coefficient (Wildman–Crippen LogP) is 1.32. The third-order valence-corrected chi connectivity index (χ3v) is 4.09. The summed E-state index contributed by atoms with van der Waals surface area (Å²) in [6.07, 6.45) is 2.32. The average Bonchev–Trinajstić information content (AvgIpc) is 2.42. The number of hydrogen-bond acceptors (Lipinski definition) is 3. The molecule has 1 saturated heterocycles. The Morgan fingerprint density at radius 1 is 1.24 bits per heavy atom. The molecule has 21 heavy (non-hydrogen) atoms. The van der Waals surface area contributed by atoms with Gasteiger partial charge < -0.3 is 15.5 Å². The van der Waals surface area contributed by atoms with Crippen LogP contribution in [-0.2, 0) is 9.59 Å². The molecule has 0 aromatic heterocycles. The highest BCUT2D eigenvalue weighted by Crippen LogP contribution is 2.27. The van der Waals surface area contributed by atoms with Gasteiger partial charge in [0.2, 0.25) is 11.8 Å². The molecule has 1 unspecified atom stereocenters. The van der Waals surface area contributed by atoms with Crippen molar-refractivity contribution in [2.75, 3.05) is 33.7 Å². The van der Waals surface area contributed by atoms with Gasteiger partial charge >= 0.3 is 0 Å². The Labute approximate surface area is 128 Å². The van der Waals surface area contributed by atoms with Crippen LogP contribution >= 0.6 is 0 Å². The van der Waals surface area contributed by atoms with Crippen molar-refractivity contribution >= 4 is 11.8 Å². The van der Waals surface area contributed by atoms with E-state index in [1.807, 2.05) is 4.90 Å². The summed E-state index contributed by atoms with van der Waals surface area (Å²) in [5, 5.41) is 0. The molecule has 5 heteroatoms. The number of nitrogens with two attached hydrogens (primary N) is 1. The third-order valence-electron chi connectivity index (χ3n) is 4.09. The zero-order valence-corrected chi connectivity index (χ0v) is 14.2. The third kappa shape index (κ3) is 5.30. The zero-order valence-electron chi connectivity index (χ0n) is 14.2. The summed E-state index contributed by atoms with van der Waals surface area (Å²) in [5.74, 6) is 0.282. The van der Waals surface area contributed by atoms with Crippen LogP contribution in [0.1, 0.15) is 40.0 Å². The molecule has 1 aliphatic heterocycles. The quantitative estimate of drug-likeness (QED) is 0.851. The van der Waals surface area contributed by atoms with E-state index in [0.717, 1.165) is 19.3 Å². The normalized spacial score (nSPS) is 18.5. The molecule has 0 saturated carbocycles. The van der Waals surface area contributed by atoms with E-state index >= 15 is 0 Å². The van der Waals surface area contributed by atoms with Crippen LogP contribution in [-0.4, -0.2) is 55.3 Å².